The molecule has 3 rings (SSSR count). The molecular formula is C17H23FN6O2S. The second-order valence-electron chi connectivity index (χ2n) is 6.56. The Morgan fingerprint density at radius 2 is 2.11 bits per heavy atom. The van der Waals surface area contributed by atoms with Crippen LogP contribution in [0.1, 0.15) is 26.7 Å². The van der Waals surface area contributed by atoms with Crippen molar-refractivity contribution in [2.24, 2.45) is 5.92 Å². The van der Waals surface area contributed by atoms with Crippen molar-refractivity contribution in [1.82, 2.24) is 24.9 Å². The number of rotatable bonds is 5. The molecule has 2 unspecified atom stereocenters. The lowest BCUT2D eigenvalue weighted by Gasteiger charge is -2.37. The van der Waals surface area contributed by atoms with Crippen molar-refractivity contribution in [3.8, 4) is 0 Å². The maximum atomic E-state index is 15.4. The van der Waals surface area contributed by atoms with E-state index in [9.17, 15) is 9.35 Å². The number of hydrogen-bond acceptors (Lipinski definition) is 5. The van der Waals surface area contributed by atoms with E-state index in [0.29, 0.717) is 43.2 Å². The van der Waals surface area contributed by atoms with E-state index in [2.05, 4.69) is 20.6 Å². The summed E-state index contributed by atoms with van der Waals surface area (Å²) in [6.45, 7) is 4.60. The zero-order chi connectivity index (χ0) is 19.4. The van der Waals surface area contributed by atoms with Gasteiger partial charge in [-0.1, -0.05) is 0 Å². The Kier molecular flexibility index (Phi) is 5.95. The van der Waals surface area contributed by atoms with Crippen LogP contribution in [0.4, 0.5) is 14.9 Å². The highest BCUT2D eigenvalue weighted by atomic mass is 32.2. The number of halogens is 1. The minimum Gasteiger partial charge on any atom is -0.608 e. The summed E-state index contributed by atoms with van der Waals surface area (Å²) in [5.41, 5.74) is 0.557. The number of aryl methyl sites for hydroxylation is 1. The van der Waals surface area contributed by atoms with Crippen LogP contribution in [-0.2, 0) is 17.7 Å². The molecule has 2 atom stereocenters. The van der Waals surface area contributed by atoms with E-state index in [0.717, 1.165) is 0 Å². The van der Waals surface area contributed by atoms with Gasteiger partial charge in [-0.05, 0) is 25.8 Å². The highest BCUT2D eigenvalue weighted by Gasteiger charge is 2.49. The van der Waals surface area contributed by atoms with Gasteiger partial charge in [-0.2, -0.15) is 19.7 Å². The van der Waals surface area contributed by atoms with E-state index in [4.69, 9.17) is 0 Å². The first kappa shape index (κ1) is 19.6. The lowest BCUT2D eigenvalue weighted by atomic mass is 9.92. The first-order chi connectivity index (χ1) is 12.9. The highest BCUT2D eigenvalue weighted by Crippen LogP contribution is 2.39. The summed E-state index contributed by atoms with van der Waals surface area (Å²) >= 11 is -1.83. The maximum absolute atomic E-state index is 15.4. The summed E-state index contributed by atoms with van der Waals surface area (Å²) in [6.07, 6.45) is 5.38. The number of urea groups is 1. The van der Waals surface area contributed by atoms with Gasteiger partial charge in [0.25, 0.3) is 5.00 Å². The van der Waals surface area contributed by atoms with Crippen molar-refractivity contribution in [1.29, 1.82) is 0 Å². The fourth-order valence-electron chi connectivity index (χ4n) is 3.24. The molecule has 2 amide bonds. The average molecular weight is 394 g/mol. The number of anilines is 1. The molecule has 8 nitrogen and oxygen atoms in total. The van der Waals surface area contributed by atoms with Gasteiger partial charge in [0.2, 0.25) is 5.03 Å². The quantitative estimate of drug-likeness (QED) is 0.785. The first-order valence-electron chi connectivity index (χ1n) is 8.88. The van der Waals surface area contributed by atoms with E-state index in [-0.39, 0.29) is 6.03 Å². The zero-order valence-corrected chi connectivity index (χ0v) is 16.2. The normalized spacial score (nSPS) is 18.7. The molecule has 146 valence electrons. The van der Waals surface area contributed by atoms with Crippen molar-refractivity contribution < 1.29 is 13.7 Å². The first-order valence-corrected chi connectivity index (χ1v) is 10.0. The summed E-state index contributed by atoms with van der Waals surface area (Å²) in [7, 11) is 0. The predicted octanol–water partition coefficient (Wildman–Crippen LogP) is 2.43. The minimum atomic E-state index is -1.88. The number of aromatic nitrogens is 4. The van der Waals surface area contributed by atoms with Crippen LogP contribution >= 0.6 is 0 Å². The highest BCUT2D eigenvalue weighted by molar-refractivity contribution is 7.92. The molecule has 3 heterocycles. The molecule has 1 aliphatic heterocycles. The summed E-state index contributed by atoms with van der Waals surface area (Å²) in [5.74, 6) is -0.398. The number of nitrogens with zero attached hydrogens (tertiary/aromatic N) is 5. The van der Waals surface area contributed by atoms with E-state index < -0.39 is 22.1 Å². The number of piperidine rings is 1. The Morgan fingerprint density at radius 3 is 2.74 bits per heavy atom. The topological polar surface area (TPSA) is 99.0 Å². The predicted molar refractivity (Wildman–Crippen MR) is 99.2 cm³/mol. The second-order valence-corrected chi connectivity index (χ2v) is 8.32. The zero-order valence-electron chi connectivity index (χ0n) is 15.3. The van der Waals surface area contributed by atoms with Crippen molar-refractivity contribution in [2.75, 3.05) is 18.4 Å². The SMILES string of the molecule is CCn1nccc1[S+]([O-])C(C)(F)C1CCN(C(=O)Nc2ccnnc2)CC1. The number of carbonyl (C=O) groups excluding carboxylic acids is 1. The number of hydrogen-bond donors (Lipinski definition) is 1. The minimum absolute atomic E-state index is 0.257. The van der Waals surface area contributed by atoms with Crippen LogP contribution in [0.2, 0.25) is 0 Å². The molecule has 2 aromatic rings. The lowest BCUT2D eigenvalue weighted by Crippen LogP contribution is -2.48. The van der Waals surface area contributed by atoms with Gasteiger partial charge in [-0.3, -0.25) is 0 Å². The number of nitrogens with one attached hydrogen (secondary N) is 1. The van der Waals surface area contributed by atoms with Crippen molar-refractivity contribution >= 4 is 22.9 Å². The average Bonchev–Trinajstić information content (AvgIpc) is 3.17. The third kappa shape index (κ3) is 4.22. The Labute approximate surface area is 160 Å². The van der Waals surface area contributed by atoms with Crippen LogP contribution in [-0.4, -0.2) is 53.6 Å². The molecular weight excluding hydrogens is 371 g/mol. The molecule has 0 bridgehead atoms. The number of alkyl halides is 1. The summed E-state index contributed by atoms with van der Waals surface area (Å²) in [4.78, 5) is 14.0. The second kappa shape index (κ2) is 8.22. The molecule has 1 fully saturated rings. The van der Waals surface area contributed by atoms with Gasteiger partial charge in [-0.25, -0.2) is 9.48 Å². The summed E-state index contributed by atoms with van der Waals surface area (Å²) in [6, 6.07) is 2.99. The third-order valence-electron chi connectivity index (χ3n) is 4.88. The van der Waals surface area contributed by atoms with Gasteiger partial charge in [-0.15, -0.1) is 0 Å². The maximum Gasteiger partial charge on any atom is 0.321 e. The Bertz CT molecular complexity index is 764. The molecule has 0 aromatic carbocycles. The van der Waals surface area contributed by atoms with Gasteiger partial charge < -0.3 is 14.8 Å². The summed E-state index contributed by atoms with van der Waals surface area (Å²) < 4.78 is 29.8. The third-order valence-corrected chi connectivity index (χ3v) is 6.66. The Morgan fingerprint density at radius 1 is 1.37 bits per heavy atom. The molecule has 0 saturated carbocycles. The van der Waals surface area contributed by atoms with Crippen molar-refractivity contribution in [3.63, 3.8) is 0 Å². The molecule has 2 aromatic heterocycles. The number of likely N-dealkylation sites (tertiary alicyclic amines) is 1. The van der Waals surface area contributed by atoms with E-state index in [1.165, 1.54) is 25.5 Å². The molecule has 0 spiro atoms. The Balaban J connectivity index is 1.60. The van der Waals surface area contributed by atoms with Crippen LogP contribution in [0, 0.1) is 5.92 Å². The van der Waals surface area contributed by atoms with Gasteiger partial charge in [0.05, 0.1) is 24.3 Å². The molecule has 27 heavy (non-hydrogen) atoms. The van der Waals surface area contributed by atoms with Crippen molar-refractivity contribution in [3.05, 3.63) is 30.7 Å². The Hall–Kier alpha value is -2.20. The van der Waals surface area contributed by atoms with Crippen LogP contribution in [0.3, 0.4) is 0 Å². The van der Waals surface area contributed by atoms with Gasteiger partial charge in [0.15, 0.2) is 0 Å². The number of amides is 2. The van der Waals surface area contributed by atoms with Crippen LogP contribution < -0.4 is 5.32 Å². The van der Waals surface area contributed by atoms with Gasteiger partial charge in [0, 0.05) is 49.7 Å². The van der Waals surface area contributed by atoms with Crippen molar-refractivity contribution in [2.45, 2.75) is 43.3 Å². The molecule has 1 aliphatic rings. The number of carbonyl (C=O) groups is 1. The molecule has 1 saturated heterocycles. The van der Waals surface area contributed by atoms with Gasteiger partial charge >= 0.3 is 6.03 Å². The lowest BCUT2D eigenvalue weighted by molar-refractivity contribution is 0.117. The fraction of sp³-hybridized carbons (Fsp3) is 0.529. The standard InChI is InChI=1S/C17H23FN6O2S/c1-3-24-15(5-9-21-24)27(26)17(2,18)13-6-10-23(11-7-13)16(25)22-14-4-8-19-20-12-14/h4-5,8-9,12-13H,3,6-7,10-11H2,1-2H3,(H,19,22,25). The molecule has 0 radical (unpaired) electrons. The molecule has 10 heteroatoms. The van der Waals surface area contributed by atoms with Gasteiger partial charge in [0.1, 0.15) is 0 Å². The fourth-order valence-corrected chi connectivity index (χ4v) is 4.74. The van der Waals surface area contributed by atoms with E-state index >= 15 is 4.39 Å². The summed E-state index contributed by atoms with van der Waals surface area (Å²) in [5, 5.41) is 12.7. The molecule has 1 N–H and O–H groups in total. The van der Waals surface area contributed by atoms with Crippen LogP contribution in [0.25, 0.3) is 0 Å². The largest absolute Gasteiger partial charge is 0.608 e. The van der Waals surface area contributed by atoms with E-state index in [1.807, 2.05) is 6.92 Å². The van der Waals surface area contributed by atoms with Crippen LogP contribution in [0.15, 0.2) is 35.7 Å². The van der Waals surface area contributed by atoms with Crippen LogP contribution in [0.5, 0.6) is 0 Å². The monoisotopic (exact) mass is 394 g/mol. The van der Waals surface area contributed by atoms with E-state index in [1.54, 1.807) is 21.7 Å². The molecule has 0 aliphatic carbocycles. The smallest absolute Gasteiger partial charge is 0.321 e.